The van der Waals surface area contributed by atoms with Gasteiger partial charge >= 0.3 is 0 Å². The summed E-state index contributed by atoms with van der Waals surface area (Å²) < 4.78 is 26.4. The van der Waals surface area contributed by atoms with E-state index in [1.807, 2.05) is 13.8 Å². The van der Waals surface area contributed by atoms with Crippen LogP contribution in [0.1, 0.15) is 30.8 Å². The fourth-order valence-electron chi connectivity index (χ4n) is 2.70. The molecule has 1 heterocycles. The van der Waals surface area contributed by atoms with Gasteiger partial charge in [-0.15, -0.1) is 0 Å². The summed E-state index contributed by atoms with van der Waals surface area (Å²) in [4.78, 5) is 10.8. The molecule has 0 fully saturated rings. The van der Waals surface area contributed by atoms with E-state index in [1.165, 1.54) is 16.4 Å². The van der Waals surface area contributed by atoms with E-state index >= 15 is 0 Å². The number of hydrogen-bond acceptors (Lipinski definition) is 6. The van der Waals surface area contributed by atoms with Gasteiger partial charge in [-0.05, 0) is 26.0 Å². The molecule has 1 aromatic heterocycles. The van der Waals surface area contributed by atoms with Gasteiger partial charge in [0.2, 0.25) is 10.0 Å². The van der Waals surface area contributed by atoms with Crippen molar-refractivity contribution in [3.8, 4) is 0 Å². The van der Waals surface area contributed by atoms with Gasteiger partial charge in [-0.3, -0.25) is 15.2 Å². The van der Waals surface area contributed by atoms with Gasteiger partial charge < -0.3 is 5.32 Å². The van der Waals surface area contributed by atoms with E-state index < -0.39 is 14.9 Å². The largest absolute Gasteiger partial charge is 0.375 e. The van der Waals surface area contributed by atoms with Crippen molar-refractivity contribution in [3.63, 3.8) is 0 Å². The van der Waals surface area contributed by atoms with Crippen molar-refractivity contribution in [2.45, 2.75) is 39.1 Å². The summed E-state index contributed by atoms with van der Waals surface area (Å²) in [5, 5.41) is 21.4. The summed E-state index contributed by atoms with van der Waals surface area (Å²) in [5.74, 6) is 0. The molecule has 142 valence electrons. The summed E-state index contributed by atoms with van der Waals surface area (Å²) in [5.41, 5.74) is 2.57. The zero-order valence-corrected chi connectivity index (χ0v) is 16.1. The van der Waals surface area contributed by atoms with Crippen LogP contribution in [0.15, 0.2) is 23.1 Å². The molecule has 0 aliphatic carbocycles. The van der Waals surface area contributed by atoms with Crippen molar-refractivity contribution in [1.82, 2.24) is 14.5 Å². The van der Waals surface area contributed by atoms with Crippen LogP contribution in [0, 0.1) is 24.0 Å². The molecule has 0 unspecified atom stereocenters. The van der Waals surface area contributed by atoms with Gasteiger partial charge in [-0.1, -0.05) is 13.8 Å². The average molecular weight is 381 g/mol. The Morgan fingerprint density at radius 3 is 2.42 bits per heavy atom. The van der Waals surface area contributed by atoms with Crippen LogP contribution in [0.5, 0.6) is 0 Å². The molecule has 2 rings (SSSR count). The lowest BCUT2D eigenvalue weighted by Gasteiger charge is -2.18. The van der Waals surface area contributed by atoms with Crippen molar-refractivity contribution < 1.29 is 13.3 Å². The van der Waals surface area contributed by atoms with Gasteiger partial charge in [0.15, 0.2) is 0 Å². The number of aryl methyl sites for hydroxylation is 2. The van der Waals surface area contributed by atoms with Gasteiger partial charge in [0.1, 0.15) is 5.69 Å². The standard InChI is InChI=1S/C16H23N5O4S/c1-5-20(6-2)26(24,25)13-7-8-15(16(9-13)21(22)23)17-10-14-11(3)18-19-12(14)4/h7-9,17H,5-6,10H2,1-4H3,(H,18,19). The molecule has 0 aliphatic heterocycles. The maximum Gasteiger partial charge on any atom is 0.293 e. The van der Waals surface area contributed by atoms with Gasteiger partial charge in [0.05, 0.1) is 15.5 Å². The number of H-pyrrole nitrogens is 1. The number of hydrogen-bond donors (Lipinski definition) is 2. The highest BCUT2D eigenvalue weighted by Crippen LogP contribution is 2.29. The predicted octanol–water partition coefficient (Wildman–Crippen LogP) is 2.58. The van der Waals surface area contributed by atoms with Crippen molar-refractivity contribution in [2.75, 3.05) is 18.4 Å². The number of rotatable bonds is 8. The molecule has 0 bridgehead atoms. The fraction of sp³-hybridized carbons (Fsp3) is 0.438. The lowest BCUT2D eigenvalue weighted by atomic mass is 10.2. The minimum absolute atomic E-state index is 0.0888. The van der Waals surface area contributed by atoms with Crippen molar-refractivity contribution in [3.05, 3.63) is 45.3 Å². The molecule has 0 aliphatic rings. The summed E-state index contributed by atoms with van der Waals surface area (Å²) >= 11 is 0. The second kappa shape index (κ2) is 7.83. The second-order valence-corrected chi connectivity index (χ2v) is 7.73. The minimum Gasteiger partial charge on any atom is -0.375 e. The molecular weight excluding hydrogens is 358 g/mol. The Morgan fingerprint density at radius 1 is 1.27 bits per heavy atom. The molecule has 2 aromatic rings. The summed E-state index contributed by atoms with van der Waals surface area (Å²) in [7, 11) is -3.76. The number of benzene rings is 1. The molecule has 26 heavy (non-hydrogen) atoms. The normalized spacial score (nSPS) is 11.7. The highest BCUT2D eigenvalue weighted by Gasteiger charge is 2.25. The number of sulfonamides is 1. The lowest BCUT2D eigenvalue weighted by molar-refractivity contribution is -0.384. The average Bonchev–Trinajstić information content (AvgIpc) is 2.91. The minimum atomic E-state index is -3.76. The van der Waals surface area contributed by atoms with Crippen molar-refractivity contribution >= 4 is 21.4 Å². The lowest BCUT2D eigenvalue weighted by Crippen LogP contribution is -2.30. The van der Waals surface area contributed by atoms with Crippen LogP contribution in [-0.4, -0.2) is 40.9 Å². The SMILES string of the molecule is CCN(CC)S(=O)(=O)c1ccc(NCc2c(C)n[nH]c2C)c([N+](=O)[O-])c1. The molecule has 0 atom stereocenters. The van der Waals surface area contributed by atoms with Crippen LogP contribution in [0.2, 0.25) is 0 Å². The van der Waals surface area contributed by atoms with Crippen LogP contribution >= 0.6 is 0 Å². The molecular formula is C16H23N5O4S. The number of nitrogens with one attached hydrogen (secondary N) is 2. The number of nitrogens with zero attached hydrogens (tertiary/aromatic N) is 3. The van der Waals surface area contributed by atoms with Crippen LogP contribution in [0.3, 0.4) is 0 Å². The van der Waals surface area contributed by atoms with Crippen LogP contribution < -0.4 is 5.32 Å². The maximum absolute atomic E-state index is 12.6. The number of anilines is 1. The Labute approximate surface area is 152 Å². The van der Waals surface area contributed by atoms with Gasteiger partial charge in [-0.25, -0.2) is 8.42 Å². The first-order chi connectivity index (χ1) is 12.2. The number of aromatic nitrogens is 2. The topological polar surface area (TPSA) is 121 Å². The zero-order chi connectivity index (χ0) is 19.5. The molecule has 2 N–H and O–H groups in total. The number of nitro groups is 1. The Hall–Kier alpha value is -2.46. The van der Waals surface area contributed by atoms with Gasteiger partial charge in [0, 0.05) is 37.0 Å². The van der Waals surface area contributed by atoms with E-state index in [0.29, 0.717) is 19.6 Å². The first-order valence-electron chi connectivity index (χ1n) is 8.25. The van der Waals surface area contributed by atoms with Crippen LogP contribution in [-0.2, 0) is 16.6 Å². The van der Waals surface area contributed by atoms with E-state index in [-0.39, 0.29) is 16.3 Å². The third kappa shape index (κ3) is 3.86. The first kappa shape index (κ1) is 19.9. The maximum atomic E-state index is 12.6. The summed E-state index contributed by atoms with van der Waals surface area (Å²) in [6, 6.07) is 3.92. The predicted molar refractivity (Wildman–Crippen MR) is 98.6 cm³/mol. The van der Waals surface area contributed by atoms with E-state index in [2.05, 4.69) is 15.5 Å². The molecule has 10 heteroatoms. The van der Waals surface area contributed by atoms with E-state index in [1.54, 1.807) is 13.8 Å². The Bertz CT molecular complexity index is 884. The highest BCUT2D eigenvalue weighted by molar-refractivity contribution is 7.89. The number of nitro benzene ring substituents is 1. The molecule has 0 amide bonds. The third-order valence-corrected chi connectivity index (χ3v) is 6.29. The summed E-state index contributed by atoms with van der Waals surface area (Å²) in [6.45, 7) is 8.09. The van der Waals surface area contributed by atoms with Gasteiger partial charge in [0.25, 0.3) is 5.69 Å². The monoisotopic (exact) mass is 381 g/mol. The Balaban J connectivity index is 2.36. The molecule has 0 spiro atoms. The Kier molecular flexibility index (Phi) is 5.98. The zero-order valence-electron chi connectivity index (χ0n) is 15.2. The van der Waals surface area contributed by atoms with Gasteiger partial charge in [-0.2, -0.15) is 9.40 Å². The smallest absolute Gasteiger partial charge is 0.293 e. The third-order valence-electron chi connectivity index (χ3n) is 4.25. The van der Waals surface area contributed by atoms with Crippen molar-refractivity contribution in [1.29, 1.82) is 0 Å². The number of aromatic amines is 1. The van der Waals surface area contributed by atoms with Crippen LogP contribution in [0.25, 0.3) is 0 Å². The quantitative estimate of drug-likeness (QED) is 0.535. The Morgan fingerprint density at radius 2 is 1.92 bits per heavy atom. The van der Waals surface area contributed by atoms with Crippen LogP contribution in [0.4, 0.5) is 11.4 Å². The second-order valence-electron chi connectivity index (χ2n) is 5.79. The summed E-state index contributed by atoms with van der Waals surface area (Å²) in [6.07, 6.45) is 0. The highest BCUT2D eigenvalue weighted by atomic mass is 32.2. The van der Waals surface area contributed by atoms with E-state index in [0.717, 1.165) is 23.0 Å². The molecule has 9 nitrogen and oxygen atoms in total. The van der Waals surface area contributed by atoms with Crippen molar-refractivity contribution in [2.24, 2.45) is 0 Å². The molecule has 0 radical (unpaired) electrons. The molecule has 0 saturated carbocycles. The fourth-order valence-corrected chi connectivity index (χ4v) is 4.18. The van der Waals surface area contributed by atoms with E-state index in [4.69, 9.17) is 0 Å². The molecule has 1 aromatic carbocycles. The van der Waals surface area contributed by atoms with E-state index in [9.17, 15) is 18.5 Å². The first-order valence-corrected chi connectivity index (χ1v) is 9.69. The molecule has 0 saturated heterocycles.